The number of ether oxygens (including phenoxy) is 1. The van der Waals surface area contributed by atoms with E-state index in [4.69, 9.17) is 4.42 Å². The molecule has 0 spiro atoms. The molecule has 9 heteroatoms. The lowest BCUT2D eigenvalue weighted by molar-refractivity contribution is -0.117. The number of carbonyl (C=O) groups excluding carboxylic acids is 2. The van der Waals surface area contributed by atoms with Gasteiger partial charge in [-0.25, -0.2) is 18.0 Å². The van der Waals surface area contributed by atoms with Gasteiger partial charge in [0.05, 0.1) is 25.9 Å². The number of nitrogens with zero attached hydrogens (tertiary/aromatic N) is 1. The summed E-state index contributed by atoms with van der Waals surface area (Å²) in [7, 11) is 2.81. The molecule has 0 radical (unpaired) electrons. The van der Waals surface area contributed by atoms with E-state index >= 15 is 0 Å². The Morgan fingerprint density at radius 3 is 2.56 bits per heavy atom. The maximum atomic E-state index is 13.5. The summed E-state index contributed by atoms with van der Waals surface area (Å²) in [6, 6.07) is 4.64. The number of methoxy groups -OCH3 is 1. The lowest BCUT2D eigenvalue weighted by Crippen LogP contribution is -2.30. The van der Waals surface area contributed by atoms with E-state index in [1.54, 1.807) is 13.1 Å². The molecular weight excluding hydrogens is 341 g/mol. The first kappa shape index (κ1) is 18.5. The zero-order valence-corrected chi connectivity index (χ0v) is 13.4. The zero-order valence-electron chi connectivity index (χ0n) is 13.4. The monoisotopic (exact) mass is 356 g/mol. The van der Waals surface area contributed by atoms with Crippen molar-refractivity contribution in [1.82, 2.24) is 4.90 Å². The standard InChI is InChI=1S/C16H15F3N2O4/c1-21(7-9-3-6-12(25-9)16(23)24-2)8-13(22)20-11-5-4-10(17)14(18)15(11)19/h3-6H,7-8H2,1-2H3,(H,20,22). The van der Waals surface area contributed by atoms with Crippen LogP contribution in [-0.4, -0.2) is 37.5 Å². The molecule has 0 saturated carbocycles. The Morgan fingerprint density at radius 1 is 1.16 bits per heavy atom. The number of amides is 1. The van der Waals surface area contributed by atoms with Gasteiger partial charge in [-0.2, -0.15) is 0 Å². The molecule has 0 saturated heterocycles. The highest BCUT2D eigenvalue weighted by Gasteiger charge is 2.17. The minimum atomic E-state index is -1.66. The number of carbonyl (C=O) groups is 2. The first-order valence-corrected chi connectivity index (χ1v) is 7.10. The van der Waals surface area contributed by atoms with Crippen molar-refractivity contribution in [3.63, 3.8) is 0 Å². The number of furan rings is 1. The van der Waals surface area contributed by atoms with E-state index in [0.29, 0.717) is 5.76 Å². The Morgan fingerprint density at radius 2 is 1.88 bits per heavy atom. The summed E-state index contributed by atoms with van der Waals surface area (Å²) < 4.78 is 49.3. The topological polar surface area (TPSA) is 71.8 Å². The van der Waals surface area contributed by atoms with Crippen LogP contribution in [0.3, 0.4) is 0 Å². The van der Waals surface area contributed by atoms with Crippen LogP contribution in [0.15, 0.2) is 28.7 Å². The molecule has 0 unspecified atom stereocenters. The van der Waals surface area contributed by atoms with Crippen molar-refractivity contribution in [3.05, 3.63) is 53.2 Å². The van der Waals surface area contributed by atoms with Crippen LogP contribution in [0.1, 0.15) is 16.3 Å². The molecule has 0 aliphatic rings. The highest BCUT2D eigenvalue weighted by atomic mass is 19.2. The Balaban J connectivity index is 1.93. The van der Waals surface area contributed by atoms with Gasteiger partial charge in [-0.1, -0.05) is 0 Å². The lowest BCUT2D eigenvalue weighted by atomic mass is 10.2. The molecule has 2 rings (SSSR count). The van der Waals surface area contributed by atoms with Gasteiger partial charge < -0.3 is 14.5 Å². The van der Waals surface area contributed by atoms with E-state index < -0.39 is 35.0 Å². The highest BCUT2D eigenvalue weighted by molar-refractivity contribution is 5.92. The Labute approximate surface area is 141 Å². The van der Waals surface area contributed by atoms with Crippen LogP contribution in [0.4, 0.5) is 18.9 Å². The number of rotatable bonds is 6. The second-order valence-corrected chi connectivity index (χ2v) is 5.20. The van der Waals surface area contributed by atoms with Gasteiger partial charge in [0.25, 0.3) is 0 Å². The molecule has 6 nitrogen and oxygen atoms in total. The third kappa shape index (κ3) is 4.60. The third-order valence-corrected chi connectivity index (χ3v) is 3.20. The fraction of sp³-hybridized carbons (Fsp3) is 0.250. The molecule has 2 aromatic rings. The maximum Gasteiger partial charge on any atom is 0.373 e. The number of halogens is 3. The largest absolute Gasteiger partial charge is 0.463 e. The Kier molecular flexibility index (Phi) is 5.81. The molecular formula is C16H15F3N2O4. The summed E-state index contributed by atoms with van der Waals surface area (Å²) in [5.74, 6) is -5.28. The first-order valence-electron chi connectivity index (χ1n) is 7.10. The van der Waals surface area contributed by atoms with Crippen LogP contribution in [0.2, 0.25) is 0 Å². The Hall–Kier alpha value is -2.81. The van der Waals surface area contributed by atoms with Gasteiger partial charge in [0, 0.05) is 0 Å². The lowest BCUT2D eigenvalue weighted by Gasteiger charge is -2.15. The molecule has 0 atom stereocenters. The van der Waals surface area contributed by atoms with Crippen LogP contribution in [-0.2, 0) is 16.1 Å². The normalized spacial score (nSPS) is 10.8. The second-order valence-electron chi connectivity index (χ2n) is 5.20. The molecule has 1 aromatic carbocycles. The summed E-state index contributed by atoms with van der Waals surface area (Å²) in [6.45, 7) is 0.0113. The average Bonchev–Trinajstić information content (AvgIpc) is 3.02. The molecule has 1 amide bonds. The number of anilines is 1. The van der Waals surface area contributed by atoms with E-state index in [2.05, 4.69) is 10.1 Å². The number of hydrogen-bond donors (Lipinski definition) is 1. The summed E-state index contributed by atoms with van der Waals surface area (Å²) in [6.07, 6.45) is 0. The van der Waals surface area contributed by atoms with Crippen molar-refractivity contribution in [3.8, 4) is 0 Å². The smallest absolute Gasteiger partial charge is 0.373 e. The van der Waals surface area contributed by atoms with Gasteiger partial charge in [-0.05, 0) is 31.3 Å². The molecule has 0 aliphatic carbocycles. The molecule has 1 heterocycles. The number of likely N-dealkylation sites (N-methyl/N-ethyl adjacent to an activating group) is 1. The molecule has 1 N–H and O–H groups in total. The van der Waals surface area contributed by atoms with Crippen LogP contribution in [0.5, 0.6) is 0 Å². The van der Waals surface area contributed by atoms with Gasteiger partial charge in [0.2, 0.25) is 11.7 Å². The van der Waals surface area contributed by atoms with E-state index in [9.17, 15) is 22.8 Å². The van der Waals surface area contributed by atoms with Crippen molar-refractivity contribution in [2.45, 2.75) is 6.54 Å². The minimum Gasteiger partial charge on any atom is -0.463 e. The van der Waals surface area contributed by atoms with E-state index in [-0.39, 0.29) is 18.8 Å². The molecule has 0 bridgehead atoms. The van der Waals surface area contributed by atoms with Crippen LogP contribution < -0.4 is 5.32 Å². The summed E-state index contributed by atoms with van der Waals surface area (Å²) in [5.41, 5.74) is -0.455. The first-order chi connectivity index (χ1) is 11.8. The van der Waals surface area contributed by atoms with Crippen molar-refractivity contribution in [2.75, 3.05) is 26.0 Å². The van der Waals surface area contributed by atoms with Gasteiger partial charge in [-0.3, -0.25) is 9.69 Å². The third-order valence-electron chi connectivity index (χ3n) is 3.20. The Bertz CT molecular complexity index is 792. The quantitative estimate of drug-likeness (QED) is 0.636. The van der Waals surface area contributed by atoms with Crippen LogP contribution in [0, 0.1) is 17.5 Å². The molecule has 1 aromatic heterocycles. The van der Waals surface area contributed by atoms with Crippen molar-refractivity contribution in [1.29, 1.82) is 0 Å². The fourth-order valence-corrected chi connectivity index (χ4v) is 2.05. The predicted octanol–water partition coefficient (Wildman–Crippen LogP) is 2.55. The van der Waals surface area contributed by atoms with Crippen molar-refractivity contribution in [2.24, 2.45) is 0 Å². The van der Waals surface area contributed by atoms with Crippen molar-refractivity contribution < 1.29 is 31.9 Å². The predicted molar refractivity (Wildman–Crippen MR) is 81.3 cm³/mol. The van der Waals surface area contributed by atoms with E-state index in [1.165, 1.54) is 18.1 Å². The molecule has 134 valence electrons. The average molecular weight is 356 g/mol. The zero-order chi connectivity index (χ0) is 18.6. The second kappa shape index (κ2) is 7.84. The molecule has 0 aliphatic heterocycles. The minimum absolute atomic E-state index is 0.0270. The van der Waals surface area contributed by atoms with Gasteiger partial charge >= 0.3 is 5.97 Å². The number of benzene rings is 1. The van der Waals surface area contributed by atoms with Gasteiger partial charge in [-0.15, -0.1) is 0 Å². The maximum absolute atomic E-state index is 13.5. The van der Waals surface area contributed by atoms with Crippen LogP contribution >= 0.6 is 0 Å². The molecule has 25 heavy (non-hydrogen) atoms. The fourth-order valence-electron chi connectivity index (χ4n) is 2.05. The van der Waals surface area contributed by atoms with Crippen LogP contribution in [0.25, 0.3) is 0 Å². The van der Waals surface area contributed by atoms with Gasteiger partial charge in [0.15, 0.2) is 17.5 Å². The molecule has 0 fully saturated rings. The van der Waals surface area contributed by atoms with Gasteiger partial charge in [0.1, 0.15) is 5.76 Å². The summed E-state index contributed by atoms with van der Waals surface area (Å²) in [4.78, 5) is 24.7. The number of esters is 1. The number of hydrogen-bond acceptors (Lipinski definition) is 5. The highest BCUT2D eigenvalue weighted by Crippen LogP contribution is 2.19. The number of nitrogens with one attached hydrogen (secondary N) is 1. The SMILES string of the molecule is COC(=O)c1ccc(CN(C)CC(=O)Nc2ccc(F)c(F)c2F)o1. The summed E-state index contributed by atoms with van der Waals surface area (Å²) >= 11 is 0. The van der Waals surface area contributed by atoms with E-state index in [1.807, 2.05) is 0 Å². The van der Waals surface area contributed by atoms with Crippen molar-refractivity contribution >= 4 is 17.6 Å². The summed E-state index contributed by atoms with van der Waals surface area (Å²) in [5, 5.41) is 2.16. The van der Waals surface area contributed by atoms with E-state index in [0.717, 1.165) is 12.1 Å².